The minimum atomic E-state index is -0.976. The average molecular weight is 312 g/mol. The van der Waals surface area contributed by atoms with E-state index in [0.717, 1.165) is 12.3 Å². The zero-order valence-corrected chi connectivity index (χ0v) is 12.1. The molecule has 0 fully saturated rings. The number of aliphatic hydroxyl groups is 1. The van der Waals surface area contributed by atoms with Crippen LogP contribution < -0.4 is 4.74 Å². The van der Waals surface area contributed by atoms with Gasteiger partial charge in [0, 0.05) is 19.3 Å². The smallest absolute Gasteiger partial charge is 0.373 e. The molecule has 0 bridgehead atoms. The average Bonchev–Trinajstić information content (AvgIpc) is 2.47. The van der Waals surface area contributed by atoms with Gasteiger partial charge in [-0.05, 0) is 6.92 Å². The first kappa shape index (κ1) is 17.4. The molecular weight excluding hydrogens is 296 g/mol. The standard InChI is InChI=1S/C13H16N2O7/c1-3-21-13(17)11(16)6-9-7-12(22-5-4-20-2)14-8-10(9)15(18)19/h6-8,16H,3-5H2,1-2H3/b11-6+. The Bertz CT molecular complexity index is 572. The van der Waals surface area contributed by atoms with Gasteiger partial charge in [-0.25, -0.2) is 9.78 Å². The van der Waals surface area contributed by atoms with E-state index in [1.165, 1.54) is 13.2 Å². The molecule has 0 radical (unpaired) electrons. The highest BCUT2D eigenvalue weighted by atomic mass is 16.6. The number of hydrogen-bond acceptors (Lipinski definition) is 8. The van der Waals surface area contributed by atoms with Gasteiger partial charge in [0.2, 0.25) is 11.6 Å². The Morgan fingerprint density at radius 3 is 2.82 bits per heavy atom. The molecule has 0 aliphatic carbocycles. The van der Waals surface area contributed by atoms with Gasteiger partial charge in [0.15, 0.2) is 0 Å². The van der Waals surface area contributed by atoms with Gasteiger partial charge in [0.05, 0.1) is 23.7 Å². The number of ether oxygens (including phenoxy) is 3. The van der Waals surface area contributed by atoms with E-state index >= 15 is 0 Å². The van der Waals surface area contributed by atoms with E-state index in [0.29, 0.717) is 6.61 Å². The monoisotopic (exact) mass is 312 g/mol. The van der Waals surface area contributed by atoms with Crippen molar-refractivity contribution in [2.24, 2.45) is 0 Å². The number of aromatic nitrogens is 1. The number of nitro groups is 1. The summed E-state index contributed by atoms with van der Waals surface area (Å²) in [6.07, 6.45) is 1.91. The topological polar surface area (TPSA) is 121 Å². The molecule has 0 atom stereocenters. The van der Waals surface area contributed by atoms with E-state index < -0.39 is 16.7 Å². The SMILES string of the molecule is CCOC(=O)/C(O)=C\c1cc(OCCOC)ncc1[N+](=O)[O-]. The van der Waals surface area contributed by atoms with Crippen LogP contribution >= 0.6 is 0 Å². The van der Waals surface area contributed by atoms with Crippen molar-refractivity contribution >= 4 is 17.7 Å². The molecule has 1 aromatic heterocycles. The first-order chi connectivity index (χ1) is 10.5. The third-order valence-electron chi connectivity index (χ3n) is 2.40. The molecule has 0 unspecified atom stereocenters. The number of esters is 1. The number of rotatable bonds is 8. The Morgan fingerprint density at radius 1 is 1.50 bits per heavy atom. The number of hydrogen-bond donors (Lipinski definition) is 1. The molecule has 120 valence electrons. The van der Waals surface area contributed by atoms with Gasteiger partial charge in [-0.2, -0.15) is 0 Å². The molecular formula is C13H16N2O7. The van der Waals surface area contributed by atoms with Gasteiger partial charge in [-0.1, -0.05) is 0 Å². The van der Waals surface area contributed by atoms with Crippen LogP contribution in [0.4, 0.5) is 5.69 Å². The van der Waals surface area contributed by atoms with Crippen LogP contribution in [0.5, 0.6) is 5.88 Å². The fraction of sp³-hybridized carbons (Fsp3) is 0.385. The van der Waals surface area contributed by atoms with Crippen LogP contribution in [-0.4, -0.2) is 47.9 Å². The van der Waals surface area contributed by atoms with E-state index in [1.54, 1.807) is 6.92 Å². The van der Waals surface area contributed by atoms with Gasteiger partial charge in [0.1, 0.15) is 12.8 Å². The third-order valence-corrected chi connectivity index (χ3v) is 2.40. The number of nitrogens with zero attached hydrogens (tertiary/aromatic N) is 2. The van der Waals surface area contributed by atoms with Gasteiger partial charge in [-0.3, -0.25) is 10.1 Å². The first-order valence-corrected chi connectivity index (χ1v) is 6.33. The summed E-state index contributed by atoms with van der Waals surface area (Å²) in [5.41, 5.74) is -0.409. The van der Waals surface area contributed by atoms with Crippen LogP contribution in [0.2, 0.25) is 0 Å². The maximum absolute atomic E-state index is 11.4. The third kappa shape index (κ3) is 5.02. The molecule has 0 spiro atoms. The van der Waals surface area contributed by atoms with Crippen LogP contribution in [-0.2, 0) is 14.3 Å². The zero-order valence-electron chi connectivity index (χ0n) is 12.1. The Labute approximate surface area is 126 Å². The lowest BCUT2D eigenvalue weighted by Gasteiger charge is -2.06. The molecule has 0 saturated carbocycles. The molecule has 1 rings (SSSR count). The number of methoxy groups -OCH3 is 1. The van der Waals surface area contributed by atoms with Crippen LogP contribution in [0.3, 0.4) is 0 Å². The molecule has 0 saturated heterocycles. The Balaban J connectivity index is 3.07. The number of pyridine rings is 1. The number of carbonyl (C=O) groups excluding carboxylic acids is 1. The molecule has 1 N–H and O–H groups in total. The van der Waals surface area contributed by atoms with Gasteiger partial charge >= 0.3 is 5.97 Å². The van der Waals surface area contributed by atoms with Crippen molar-refractivity contribution in [2.75, 3.05) is 26.9 Å². The highest BCUT2D eigenvalue weighted by Crippen LogP contribution is 2.24. The molecule has 0 amide bonds. The maximum Gasteiger partial charge on any atom is 0.373 e. The molecule has 9 heteroatoms. The summed E-state index contributed by atoms with van der Waals surface area (Å²) in [5, 5.41) is 20.5. The highest BCUT2D eigenvalue weighted by molar-refractivity contribution is 5.91. The summed E-state index contributed by atoms with van der Waals surface area (Å²) in [6, 6.07) is 1.24. The van der Waals surface area contributed by atoms with Gasteiger partial charge in [0.25, 0.3) is 5.69 Å². The summed E-state index contributed by atoms with van der Waals surface area (Å²) < 4.78 is 14.6. The summed E-state index contributed by atoms with van der Waals surface area (Å²) >= 11 is 0. The predicted octanol–water partition coefficient (Wildman–Crippen LogP) is 1.48. The quantitative estimate of drug-likeness (QED) is 0.191. The summed E-state index contributed by atoms with van der Waals surface area (Å²) in [7, 11) is 1.50. The van der Waals surface area contributed by atoms with Crippen molar-refractivity contribution < 1.29 is 29.0 Å². The summed E-state index contributed by atoms with van der Waals surface area (Å²) in [5.74, 6) is -1.62. The van der Waals surface area contributed by atoms with Crippen LogP contribution in [0.1, 0.15) is 12.5 Å². The molecule has 1 aromatic rings. The second-order valence-electron chi connectivity index (χ2n) is 3.93. The van der Waals surface area contributed by atoms with Crippen molar-refractivity contribution in [3.05, 3.63) is 33.7 Å². The van der Waals surface area contributed by atoms with E-state index in [4.69, 9.17) is 9.47 Å². The van der Waals surface area contributed by atoms with Crippen molar-refractivity contribution in [1.29, 1.82) is 0 Å². The number of carbonyl (C=O) groups is 1. The fourth-order valence-corrected chi connectivity index (χ4v) is 1.43. The maximum atomic E-state index is 11.4. The second kappa shape index (κ2) is 8.57. The molecule has 9 nitrogen and oxygen atoms in total. The van der Waals surface area contributed by atoms with Gasteiger partial charge < -0.3 is 19.3 Å². The van der Waals surface area contributed by atoms with Crippen molar-refractivity contribution in [3.63, 3.8) is 0 Å². The minimum Gasteiger partial charge on any atom is -0.502 e. The fourth-order valence-electron chi connectivity index (χ4n) is 1.43. The van der Waals surface area contributed by atoms with E-state index in [1.807, 2.05) is 0 Å². The summed E-state index contributed by atoms with van der Waals surface area (Å²) in [4.78, 5) is 25.4. The van der Waals surface area contributed by atoms with Crippen LogP contribution in [0.25, 0.3) is 6.08 Å². The molecule has 0 aliphatic rings. The largest absolute Gasteiger partial charge is 0.502 e. The Kier molecular flexibility index (Phi) is 6.77. The Hall–Kier alpha value is -2.68. The summed E-state index contributed by atoms with van der Waals surface area (Å²) in [6.45, 7) is 2.16. The van der Waals surface area contributed by atoms with Crippen LogP contribution in [0.15, 0.2) is 18.0 Å². The first-order valence-electron chi connectivity index (χ1n) is 6.33. The highest BCUT2D eigenvalue weighted by Gasteiger charge is 2.17. The zero-order chi connectivity index (χ0) is 16.5. The molecule has 22 heavy (non-hydrogen) atoms. The van der Waals surface area contributed by atoms with E-state index in [-0.39, 0.29) is 30.3 Å². The van der Waals surface area contributed by atoms with Crippen molar-refractivity contribution in [2.45, 2.75) is 6.92 Å². The minimum absolute atomic E-state index is 0.0297. The lowest BCUT2D eigenvalue weighted by Crippen LogP contribution is -2.08. The molecule has 0 aliphatic heterocycles. The lowest BCUT2D eigenvalue weighted by molar-refractivity contribution is -0.385. The van der Waals surface area contributed by atoms with Crippen molar-refractivity contribution in [3.8, 4) is 5.88 Å². The lowest BCUT2D eigenvalue weighted by atomic mass is 10.2. The molecule has 1 heterocycles. The van der Waals surface area contributed by atoms with Crippen molar-refractivity contribution in [1.82, 2.24) is 4.98 Å². The van der Waals surface area contributed by atoms with E-state index in [9.17, 15) is 20.0 Å². The number of aliphatic hydroxyl groups excluding tert-OH is 1. The normalized spacial score (nSPS) is 11.1. The molecule has 0 aromatic carbocycles. The van der Waals surface area contributed by atoms with Gasteiger partial charge in [-0.15, -0.1) is 0 Å². The second-order valence-corrected chi connectivity index (χ2v) is 3.93. The Morgan fingerprint density at radius 2 is 2.23 bits per heavy atom. The predicted molar refractivity (Wildman–Crippen MR) is 75.5 cm³/mol. The van der Waals surface area contributed by atoms with Crippen LogP contribution in [0, 0.1) is 10.1 Å². The van der Waals surface area contributed by atoms with E-state index in [2.05, 4.69) is 9.72 Å².